The Morgan fingerprint density at radius 1 is 1.00 bits per heavy atom. The largest absolute Gasteiger partial charge is 0.329 e. The number of hydrogen-bond donors (Lipinski definition) is 1. The standard InChI is InChI=1S/C19H38N2/c1-6-9-16-10-7-8-11-21(16)19(15-20)13-17(2,3)12-18(4,5)14-19/h16H,6-15,20H2,1-5H3. The van der Waals surface area contributed by atoms with E-state index in [0.29, 0.717) is 10.8 Å². The van der Waals surface area contributed by atoms with Crippen LogP contribution >= 0.6 is 0 Å². The molecule has 0 radical (unpaired) electrons. The molecule has 0 aromatic carbocycles. The summed E-state index contributed by atoms with van der Waals surface area (Å²) in [5, 5.41) is 0. The number of nitrogens with zero attached hydrogens (tertiary/aromatic N) is 1. The van der Waals surface area contributed by atoms with E-state index in [1.807, 2.05) is 0 Å². The van der Waals surface area contributed by atoms with Gasteiger partial charge < -0.3 is 5.73 Å². The van der Waals surface area contributed by atoms with Crippen LogP contribution in [0.1, 0.15) is 86.0 Å². The van der Waals surface area contributed by atoms with Gasteiger partial charge in [-0.3, -0.25) is 4.90 Å². The molecule has 0 aromatic rings. The van der Waals surface area contributed by atoms with Crippen molar-refractivity contribution in [2.24, 2.45) is 16.6 Å². The van der Waals surface area contributed by atoms with Gasteiger partial charge in [0.2, 0.25) is 0 Å². The fraction of sp³-hybridized carbons (Fsp3) is 1.00. The van der Waals surface area contributed by atoms with Crippen LogP contribution in [-0.2, 0) is 0 Å². The molecule has 124 valence electrons. The monoisotopic (exact) mass is 294 g/mol. The third-order valence-electron chi connectivity index (χ3n) is 5.81. The molecule has 1 heterocycles. The van der Waals surface area contributed by atoms with Crippen LogP contribution < -0.4 is 5.73 Å². The maximum atomic E-state index is 6.43. The highest BCUT2D eigenvalue weighted by molar-refractivity contribution is 5.06. The lowest BCUT2D eigenvalue weighted by molar-refractivity contribution is -0.0751. The molecule has 2 N–H and O–H groups in total. The lowest BCUT2D eigenvalue weighted by atomic mass is 9.57. The van der Waals surface area contributed by atoms with Crippen LogP contribution in [0.3, 0.4) is 0 Å². The molecule has 0 amide bonds. The topological polar surface area (TPSA) is 29.3 Å². The molecule has 1 aliphatic heterocycles. The highest BCUT2D eigenvalue weighted by Crippen LogP contribution is 2.53. The second-order valence-corrected chi connectivity index (χ2v) is 9.42. The predicted octanol–water partition coefficient (Wildman–Crippen LogP) is 4.57. The van der Waals surface area contributed by atoms with Gasteiger partial charge in [-0.2, -0.15) is 0 Å². The van der Waals surface area contributed by atoms with Gasteiger partial charge in [0.15, 0.2) is 0 Å². The Bertz CT molecular complexity index is 327. The molecular weight excluding hydrogens is 256 g/mol. The number of hydrogen-bond acceptors (Lipinski definition) is 2. The van der Waals surface area contributed by atoms with Crippen LogP contribution in [0.25, 0.3) is 0 Å². The van der Waals surface area contributed by atoms with E-state index in [0.717, 1.165) is 12.6 Å². The lowest BCUT2D eigenvalue weighted by Crippen LogP contribution is -2.64. The van der Waals surface area contributed by atoms with E-state index in [9.17, 15) is 0 Å². The molecule has 21 heavy (non-hydrogen) atoms. The van der Waals surface area contributed by atoms with Crippen molar-refractivity contribution in [1.29, 1.82) is 0 Å². The molecule has 0 bridgehead atoms. The molecule has 0 aromatic heterocycles. The van der Waals surface area contributed by atoms with Crippen LogP contribution in [0, 0.1) is 10.8 Å². The smallest absolute Gasteiger partial charge is 0.0344 e. The lowest BCUT2D eigenvalue weighted by Gasteiger charge is -2.59. The third-order valence-corrected chi connectivity index (χ3v) is 5.81. The minimum absolute atomic E-state index is 0.242. The van der Waals surface area contributed by atoms with E-state index in [2.05, 4.69) is 39.5 Å². The van der Waals surface area contributed by atoms with E-state index >= 15 is 0 Å². The second-order valence-electron chi connectivity index (χ2n) is 9.42. The van der Waals surface area contributed by atoms with E-state index in [-0.39, 0.29) is 5.54 Å². The third kappa shape index (κ3) is 3.82. The Morgan fingerprint density at radius 3 is 2.14 bits per heavy atom. The van der Waals surface area contributed by atoms with E-state index in [4.69, 9.17) is 5.73 Å². The summed E-state index contributed by atoms with van der Waals surface area (Å²) < 4.78 is 0. The van der Waals surface area contributed by atoms with E-state index < -0.39 is 0 Å². The zero-order chi connectivity index (χ0) is 15.7. The summed E-state index contributed by atoms with van der Waals surface area (Å²) in [6, 6.07) is 0.775. The van der Waals surface area contributed by atoms with E-state index in [1.165, 1.54) is 57.9 Å². The molecule has 2 rings (SSSR count). The Labute approximate surface area is 132 Å². The van der Waals surface area contributed by atoms with Gasteiger partial charge in [0.25, 0.3) is 0 Å². The fourth-order valence-corrected chi connectivity index (χ4v) is 5.99. The fourth-order valence-electron chi connectivity index (χ4n) is 5.99. The summed E-state index contributed by atoms with van der Waals surface area (Å²) in [6.45, 7) is 14.3. The van der Waals surface area contributed by atoms with Crippen molar-refractivity contribution in [2.75, 3.05) is 13.1 Å². The molecule has 1 atom stereocenters. The summed E-state index contributed by atoms with van der Waals surface area (Å²) >= 11 is 0. The van der Waals surface area contributed by atoms with Gasteiger partial charge in [-0.05, 0) is 55.9 Å². The number of likely N-dealkylation sites (tertiary alicyclic amines) is 1. The highest BCUT2D eigenvalue weighted by atomic mass is 15.2. The van der Waals surface area contributed by atoms with Crippen molar-refractivity contribution in [3.05, 3.63) is 0 Å². The van der Waals surface area contributed by atoms with Gasteiger partial charge in [-0.25, -0.2) is 0 Å². The molecular formula is C19H38N2. The van der Waals surface area contributed by atoms with Gasteiger partial charge in [0.1, 0.15) is 0 Å². The summed E-state index contributed by atoms with van der Waals surface area (Å²) in [6.07, 6.45) is 10.7. The van der Waals surface area contributed by atoms with Crippen molar-refractivity contribution in [3.63, 3.8) is 0 Å². The number of piperidine rings is 1. The zero-order valence-electron chi connectivity index (χ0n) is 15.2. The average molecular weight is 295 g/mol. The molecule has 0 spiro atoms. The molecule has 1 unspecified atom stereocenters. The van der Waals surface area contributed by atoms with E-state index in [1.54, 1.807) is 0 Å². The Morgan fingerprint density at radius 2 is 1.62 bits per heavy atom. The Kier molecular flexibility index (Phi) is 5.10. The first-order valence-electron chi connectivity index (χ1n) is 9.20. The van der Waals surface area contributed by atoms with Crippen molar-refractivity contribution >= 4 is 0 Å². The first-order chi connectivity index (χ1) is 9.74. The van der Waals surface area contributed by atoms with Gasteiger partial charge >= 0.3 is 0 Å². The van der Waals surface area contributed by atoms with Gasteiger partial charge in [-0.1, -0.05) is 47.5 Å². The van der Waals surface area contributed by atoms with Crippen molar-refractivity contribution in [3.8, 4) is 0 Å². The molecule has 2 fully saturated rings. The Balaban J connectivity index is 2.29. The number of rotatable bonds is 4. The van der Waals surface area contributed by atoms with Crippen LogP contribution in [0.15, 0.2) is 0 Å². The summed E-state index contributed by atoms with van der Waals surface area (Å²) in [4.78, 5) is 2.86. The van der Waals surface area contributed by atoms with Gasteiger partial charge in [0, 0.05) is 18.1 Å². The van der Waals surface area contributed by atoms with Crippen LogP contribution in [0.4, 0.5) is 0 Å². The van der Waals surface area contributed by atoms with Gasteiger partial charge in [-0.15, -0.1) is 0 Å². The van der Waals surface area contributed by atoms with Gasteiger partial charge in [0.05, 0.1) is 0 Å². The normalized spacial score (nSPS) is 32.0. The minimum Gasteiger partial charge on any atom is -0.329 e. The van der Waals surface area contributed by atoms with Crippen LogP contribution in [0.2, 0.25) is 0 Å². The predicted molar refractivity (Wildman–Crippen MR) is 92.5 cm³/mol. The zero-order valence-corrected chi connectivity index (χ0v) is 15.2. The Hall–Kier alpha value is -0.0800. The first-order valence-corrected chi connectivity index (χ1v) is 9.20. The summed E-state index contributed by atoms with van der Waals surface area (Å²) in [5.41, 5.74) is 7.49. The molecule has 1 saturated heterocycles. The average Bonchev–Trinajstić information content (AvgIpc) is 2.36. The SMILES string of the molecule is CCCC1CCCCN1C1(CN)CC(C)(C)CC(C)(C)C1. The molecule has 2 heteroatoms. The van der Waals surface area contributed by atoms with Crippen LogP contribution in [0.5, 0.6) is 0 Å². The molecule has 1 aliphatic carbocycles. The molecule has 2 nitrogen and oxygen atoms in total. The summed E-state index contributed by atoms with van der Waals surface area (Å²) in [5.74, 6) is 0. The van der Waals surface area contributed by atoms with Crippen molar-refractivity contribution in [2.45, 2.75) is 97.6 Å². The summed E-state index contributed by atoms with van der Waals surface area (Å²) in [7, 11) is 0. The maximum Gasteiger partial charge on any atom is 0.0344 e. The molecule has 1 saturated carbocycles. The highest BCUT2D eigenvalue weighted by Gasteiger charge is 2.51. The van der Waals surface area contributed by atoms with Crippen molar-refractivity contribution in [1.82, 2.24) is 4.90 Å². The first kappa shape index (κ1) is 17.3. The minimum atomic E-state index is 0.242. The van der Waals surface area contributed by atoms with Crippen LogP contribution in [-0.4, -0.2) is 29.6 Å². The van der Waals surface area contributed by atoms with Crippen molar-refractivity contribution < 1.29 is 0 Å². The second kappa shape index (κ2) is 6.20. The molecule has 2 aliphatic rings. The number of nitrogens with two attached hydrogens (primary N) is 1. The maximum absolute atomic E-state index is 6.43. The quantitative estimate of drug-likeness (QED) is 0.822.